The largest absolute Gasteiger partial charge is 0.495 e. The standard InChI is InChI=1S/C32H40ClN3O5S/c1-6-24(4)34-32(38)28(7-2)35(20-19-25-11-9-8-10-12-25)31(37)22-36(29-21-26(33)15-18-30(29)41-5)42(39,40)27-16-13-23(3)14-17-27/h8-18,21,24,28H,6-7,19-20,22H2,1-5H3,(H,34,38)/t24-,28+/m1/s1. The molecule has 0 aliphatic carbocycles. The van der Waals surface area contributed by atoms with Crippen molar-refractivity contribution in [3.63, 3.8) is 0 Å². The molecule has 0 aromatic heterocycles. The maximum absolute atomic E-state index is 14.2. The van der Waals surface area contributed by atoms with Crippen molar-refractivity contribution in [3.8, 4) is 5.75 Å². The monoisotopic (exact) mass is 613 g/mol. The van der Waals surface area contributed by atoms with Gasteiger partial charge in [0.2, 0.25) is 11.8 Å². The number of anilines is 1. The molecule has 0 radical (unpaired) electrons. The molecule has 2 atom stereocenters. The second kappa shape index (κ2) is 15.1. The van der Waals surface area contributed by atoms with Gasteiger partial charge in [0.25, 0.3) is 10.0 Å². The molecule has 2 amide bonds. The zero-order valence-electron chi connectivity index (χ0n) is 24.8. The van der Waals surface area contributed by atoms with Gasteiger partial charge in [-0.1, -0.05) is 73.5 Å². The Morgan fingerprint density at radius 2 is 1.64 bits per heavy atom. The number of nitrogens with one attached hydrogen (secondary N) is 1. The number of sulfonamides is 1. The minimum absolute atomic E-state index is 0.0142. The highest BCUT2D eigenvalue weighted by Gasteiger charge is 2.35. The molecule has 42 heavy (non-hydrogen) atoms. The first-order chi connectivity index (χ1) is 20.0. The van der Waals surface area contributed by atoms with Crippen LogP contribution < -0.4 is 14.4 Å². The number of benzene rings is 3. The second-order valence-corrected chi connectivity index (χ2v) is 12.5. The summed E-state index contributed by atoms with van der Waals surface area (Å²) in [6, 6.07) is 19.8. The Hall–Kier alpha value is -3.56. The normalized spacial score (nSPS) is 12.7. The highest BCUT2D eigenvalue weighted by molar-refractivity contribution is 7.92. The van der Waals surface area contributed by atoms with Crippen molar-refractivity contribution in [1.29, 1.82) is 0 Å². The highest BCUT2D eigenvalue weighted by Crippen LogP contribution is 2.35. The Balaban J connectivity index is 2.08. The van der Waals surface area contributed by atoms with Crippen LogP contribution in [-0.2, 0) is 26.0 Å². The van der Waals surface area contributed by atoms with Crippen LogP contribution in [0.2, 0.25) is 5.02 Å². The average Bonchev–Trinajstić information content (AvgIpc) is 2.98. The maximum Gasteiger partial charge on any atom is 0.264 e. The van der Waals surface area contributed by atoms with E-state index in [4.69, 9.17) is 16.3 Å². The van der Waals surface area contributed by atoms with E-state index in [0.29, 0.717) is 12.8 Å². The van der Waals surface area contributed by atoms with E-state index in [1.54, 1.807) is 24.3 Å². The lowest BCUT2D eigenvalue weighted by atomic mass is 10.1. The highest BCUT2D eigenvalue weighted by atomic mass is 35.5. The SMILES string of the molecule is CC[C@@H](C)NC(=O)[C@H](CC)N(CCc1ccccc1)C(=O)CN(c1cc(Cl)ccc1OC)S(=O)(=O)c1ccc(C)cc1. The van der Waals surface area contributed by atoms with Gasteiger partial charge < -0.3 is 15.0 Å². The van der Waals surface area contributed by atoms with Gasteiger partial charge in [0.15, 0.2) is 0 Å². The third-order valence-corrected chi connectivity index (χ3v) is 9.18. The molecule has 8 nitrogen and oxygen atoms in total. The van der Waals surface area contributed by atoms with Crippen LogP contribution in [0.15, 0.2) is 77.7 Å². The zero-order chi connectivity index (χ0) is 30.9. The Morgan fingerprint density at radius 1 is 0.976 bits per heavy atom. The minimum Gasteiger partial charge on any atom is -0.495 e. The molecule has 1 N–H and O–H groups in total. The van der Waals surface area contributed by atoms with Crippen molar-refractivity contribution in [2.24, 2.45) is 0 Å². The Bertz CT molecular complexity index is 1450. The quantitative estimate of drug-likeness (QED) is 0.255. The lowest BCUT2D eigenvalue weighted by Crippen LogP contribution is -2.54. The number of amides is 2. The lowest BCUT2D eigenvalue weighted by Gasteiger charge is -2.34. The molecule has 226 valence electrons. The molecule has 10 heteroatoms. The van der Waals surface area contributed by atoms with Gasteiger partial charge in [0.05, 0.1) is 17.7 Å². The third kappa shape index (κ3) is 8.26. The fraction of sp³-hybridized carbons (Fsp3) is 0.375. The molecule has 3 aromatic rings. The Kier molecular flexibility index (Phi) is 11.8. The van der Waals surface area contributed by atoms with Crippen LogP contribution in [0.5, 0.6) is 5.75 Å². The van der Waals surface area contributed by atoms with Crippen LogP contribution in [-0.4, -0.2) is 57.4 Å². The smallest absolute Gasteiger partial charge is 0.264 e. The van der Waals surface area contributed by atoms with Gasteiger partial charge in [-0.15, -0.1) is 0 Å². The second-order valence-electron chi connectivity index (χ2n) is 10.2. The van der Waals surface area contributed by atoms with Gasteiger partial charge in [-0.3, -0.25) is 13.9 Å². The first-order valence-electron chi connectivity index (χ1n) is 14.1. The summed E-state index contributed by atoms with van der Waals surface area (Å²) in [5.74, 6) is -0.559. The molecule has 0 saturated heterocycles. The number of hydrogen-bond acceptors (Lipinski definition) is 5. The van der Waals surface area contributed by atoms with Crippen molar-refractivity contribution in [3.05, 3.63) is 88.9 Å². The van der Waals surface area contributed by atoms with E-state index in [2.05, 4.69) is 5.32 Å². The fourth-order valence-electron chi connectivity index (χ4n) is 4.55. The summed E-state index contributed by atoms with van der Waals surface area (Å²) in [5, 5.41) is 3.26. The number of methoxy groups -OCH3 is 1. The Labute approximate surface area is 254 Å². The van der Waals surface area contributed by atoms with Crippen molar-refractivity contribution in [2.75, 3.05) is 24.5 Å². The molecule has 0 fully saturated rings. The number of aryl methyl sites for hydroxylation is 1. The minimum atomic E-state index is -4.24. The van der Waals surface area contributed by atoms with E-state index in [1.165, 1.54) is 30.2 Å². The van der Waals surface area contributed by atoms with Crippen LogP contribution in [0.3, 0.4) is 0 Å². The van der Waals surface area contributed by atoms with Crippen LogP contribution >= 0.6 is 11.6 Å². The van der Waals surface area contributed by atoms with Gasteiger partial charge in [-0.05, 0) is 69.0 Å². The number of hydrogen-bond donors (Lipinski definition) is 1. The topological polar surface area (TPSA) is 96.0 Å². The molecule has 3 rings (SSSR count). The number of carbonyl (C=O) groups excluding carboxylic acids is 2. The van der Waals surface area contributed by atoms with E-state index < -0.39 is 28.5 Å². The predicted octanol–water partition coefficient (Wildman–Crippen LogP) is 5.62. The van der Waals surface area contributed by atoms with Gasteiger partial charge in [0, 0.05) is 17.6 Å². The van der Waals surface area contributed by atoms with E-state index in [0.717, 1.165) is 21.9 Å². The molecule has 0 unspecified atom stereocenters. The molecule has 0 aliphatic heterocycles. The molecule has 0 saturated carbocycles. The number of carbonyl (C=O) groups is 2. The summed E-state index contributed by atoms with van der Waals surface area (Å²) in [5.41, 5.74) is 2.01. The van der Waals surface area contributed by atoms with Gasteiger partial charge in [-0.2, -0.15) is 0 Å². The summed E-state index contributed by atoms with van der Waals surface area (Å²) in [7, 11) is -2.82. The summed E-state index contributed by atoms with van der Waals surface area (Å²) < 4.78 is 34.7. The van der Waals surface area contributed by atoms with E-state index >= 15 is 0 Å². The first kappa shape index (κ1) is 32.9. The van der Waals surface area contributed by atoms with Crippen molar-refractivity contribution in [2.45, 2.75) is 63.9 Å². The molecular weight excluding hydrogens is 574 g/mol. The molecule has 0 heterocycles. The van der Waals surface area contributed by atoms with Gasteiger partial charge in [0.1, 0.15) is 18.3 Å². The molecule has 0 spiro atoms. The van der Waals surface area contributed by atoms with Crippen LogP contribution in [0.1, 0.15) is 44.7 Å². The van der Waals surface area contributed by atoms with E-state index in [9.17, 15) is 18.0 Å². The van der Waals surface area contributed by atoms with E-state index in [-0.39, 0.29) is 39.8 Å². The third-order valence-electron chi connectivity index (χ3n) is 7.17. The van der Waals surface area contributed by atoms with Gasteiger partial charge >= 0.3 is 0 Å². The van der Waals surface area contributed by atoms with Gasteiger partial charge in [-0.25, -0.2) is 8.42 Å². The summed E-state index contributed by atoms with van der Waals surface area (Å²) in [6.45, 7) is 7.23. The van der Waals surface area contributed by atoms with Crippen LogP contribution in [0.25, 0.3) is 0 Å². The van der Waals surface area contributed by atoms with Crippen molar-refractivity contribution < 1.29 is 22.7 Å². The number of nitrogens with zero attached hydrogens (tertiary/aromatic N) is 2. The average molecular weight is 614 g/mol. The summed E-state index contributed by atoms with van der Waals surface area (Å²) in [4.78, 5) is 29.1. The van der Waals surface area contributed by atoms with Crippen molar-refractivity contribution in [1.82, 2.24) is 10.2 Å². The maximum atomic E-state index is 14.2. The Morgan fingerprint density at radius 3 is 2.24 bits per heavy atom. The molecular formula is C32H40ClN3O5S. The summed E-state index contributed by atoms with van der Waals surface area (Å²) >= 11 is 6.30. The molecule has 0 bridgehead atoms. The fourth-order valence-corrected chi connectivity index (χ4v) is 6.13. The first-order valence-corrected chi connectivity index (χ1v) is 15.9. The van der Waals surface area contributed by atoms with Crippen LogP contribution in [0, 0.1) is 6.92 Å². The lowest BCUT2D eigenvalue weighted by molar-refractivity contribution is -0.139. The number of ether oxygens (including phenoxy) is 1. The molecule has 0 aliphatic rings. The predicted molar refractivity (Wildman–Crippen MR) is 168 cm³/mol. The van der Waals surface area contributed by atoms with Crippen LogP contribution in [0.4, 0.5) is 5.69 Å². The van der Waals surface area contributed by atoms with Crippen molar-refractivity contribution >= 4 is 39.1 Å². The van der Waals surface area contributed by atoms with E-state index in [1.807, 2.05) is 58.0 Å². The zero-order valence-corrected chi connectivity index (χ0v) is 26.4. The molecule has 3 aromatic carbocycles. The number of halogens is 1. The number of rotatable bonds is 14. The summed E-state index contributed by atoms with van der Waals surface area (Å²) in [6.07, 6.45) is 1.58.